The van der Waals surface area contributed by atoms with Gasteiger partial charge in [-0.1, -0.05) is 43.5 Å². The summed E-state index contributed by atoms with van der Waals surface area (Å²) < 4.78 is 1.73. The number of carbonyl (C=O) groups excluding carboxylic acids is 1. The second-order valence-electron chi connectivity index (χ2n) is 6.81. The number of amides is 2. The highest BCUT2D eigenvalue weighted by atomic mass is 79.9. The molecule has 1 saturated heterocycles. The van der Waals surface area contributed by atoms with Crippen LogP contribution in [0.1, 0.15) is 11.1 Å². The molecule has 30 heavy (non-hydrogen) atoms. The molecule has 1 aliphatic rings. The average molecular weight is 548 g/mol. The van der Waals surface area contributed by atoms with E-state index < -0.39 is 5.72 Å². The highest BCUT2D eigenvalue weighted by molar-refractivity contribution is 9.10. The Morgan fingerprint density at radius 1 is 0.967 bits per heavy atom. The van der Waals surface area contributed by atoms with Gasteiger partial charge in [0, 0.05) is 30.9 Å². The molecule has 1 aliphatic heterocycles. The molecule has 0 spiro atoms. The maximum Gasteiger partial charge on any atom is 0.331 e. The van der Waals surface area contributed by atoms with Gasteiger partial charge in [-0.05, 0) is 66.7 Å². The lowest BCUT2D eigenvalue weighted by atomic mass is 9.99. The van der Waals surface area contributed by atoms with Crippen molar-refractivity contribution < 1.29 is 9.90 Å². The zero-order chi connectivity index (χ0) is 21.5. The molecule has 1 heterocycles. The van der Waals surface area contributed by atoms with Crippen LogP contribution in [0, 0.1) is 11.3 Å². The number of β-amino-alcohol motifs (C(OH)–C–C–N with tert-alkyl or cyclic N) is 1. The topological polar surface area (TPSA) is 67.6 Å². The molecule has 1 unspecified atom stereocenters. The number of carbonyl (C=O) groups is 1. The van der Waals surface area contributed by atoms with E-state index in [0.29, 0.717) is 27.5 Å². The number of halogens is 3. The molecule has 4 rings (SSSR count). The van der Waals surface area contributed by atoms with Gasteiger partial charge in [0.25, 0.3) is 0 Å². The Kier molecular flexibility index (Phi) is 5.60. The number of anilines is 2. The van der Waals surface area contributed by atoms with Gasteiger partial charge in [0.05, 0.1) is 18.2 Å². The minimum atomic E-state index is -1.73. The first-order chi connectivity index (χ1) is 14.3. The monoisotopic (exact) mass is 545 g/mol. The van der Waals surface area contributed by atoms with Crippen LogP contribution in [0.25, 0.3) is 0 Å². The van der Waals surface area contributed by atoms with Gasteiger partial charge in [-0.2, -0.15) is 5.26 Å². The lowest BCUT2D eigenvalue weighted by Gasteiger charge is -2.32. The molecular formula is C22H14Br2ClN3O2. The lowest BCUT2D eigenvalue weighted by molar-refractivity contribution is 0.0655. The van der Waals surface area contributed by atoms with E-state index in [-0.39, 0.29) is 12.6 Å². The van der Waals surface area contributed by atoms with Crippen molar-refractivity contribution in [1.82, 2.24) is 0 Å². The van der Waals surface area contributed by atoms with Crippen LogP contribution in [-0.2, 0) is 5.72 Å². The molecule has 1 atom stereocenters. The summed E-state index contributed by atoms with van der Waals surface area (Å²) in [4.78, 5) is 16.3. The van der Waals surface area contributed by atoms with E-state index in [0.717, 1.165) is 8.95 Å². The normalized spacial score (nSPS) is 18.6. The summed E-state index contributed by atoms with van der Waals surface area (Å²) in [6, 6.07) is 20.6. The van der Waals surface area contributed by atoms with Crippen molar-refractivity contribution in [2.75, 3.05) is 16.3 Å². The van der Waals surface area contributed by atoms with Gasteiger partial charge >= 0.3 is 6.03 Å². The summed E-state index contributed by atoms with van der Waals surface area (Å²) in [5, 5.41) is 21.5. The molecule has 150 valence electrons. The Morgan fingerprint density at radius 3 is 2.10 bits per heavy atom. The first-order valence-corrected chi connectivity index (χ1v) is 10.8. The van der Waals surface area contributed by atoms with E-state index >= 15 is 0 Å². The molecule has 3 aromatic rings. The van der Waals surface area contributed by atoms with E-state index in [9.17, 15) is 15.2 Å². The van der Waals surface area contributed by atoms with Gasteiger partial charge in [0.2, 0.25) is 0 Å². The van der Waals surface area contributed by atoms with Crippen LogP contribution in [0.3, 0.4) is 0 Å². The summed E-state index contributed by atoms with van der Waals surface area (Å²) in [5.74, 6) is 0. The molecule has 1 fully saturated rings. The molecule has 3 aromatic carbocycles. The number of urea groups is 1. The van der Waals surface area contributed by atoms with Crippen LogP contribution in [0.15, 0.2) is 75.7 Å². The minimum Gasteiger partial charge on any atom is -0.365 e. The van der Waals surface area contributed by atoms with Crippen molar-refractivity contribution in [3.63, 3.8) is 0 Å². The number of hydrogen-bond donors (Lipinski definition) is 1. The van der Waals surface area contributed by atoms with Crippen molar-refractivity contribution in [1.29, 1.82) is 5.26 Å². The van der Waals surface area contributed by atoms with Crippen LogP contribution in [0.2, 0.25) is 5.02 Å². The molecule has 2 amide bonds. The molecule has 0 aromatic heterocycles. The van der Waals surface area contributed by atoms with E-state index in [1.165, 1.54) is 15.9 Å². The van der Waals surface area contributed by atoms with Gasteiger partial charge in [-0.15, -0.1) is 0 Å². The summed E-state index contributed by atoms with van der Waals surface area (Å²) in [7, 11) is 0. The molecule has 0 saturated carbocycles. The number of nitriles is 1. The second-order valence-corrected chi connectivity index (χ2v) is 9.08. The van der Waals surface area contributed by atoms with E-state index in [1.54, 1.807) is 48.5 Å². The molecule has 5 nitrogen and oxygen atoms in total. The Labute approximate surface area is 195 Å². The first-order valence-electron chi connectivity index (χ1n) is 8.88. The highest BCUT2D eigenvalue weighted by Gasteiger charge is 2.51. The highest BCUT2D eigenvalue weighted by Crippen LogP contribution is 2.41. The van der Waals surface area contributed by atoms with Gasteiger partial charge in [0.1, 0.15) is 0 Å². The summed E-state index contributed by atoms with van der Waals surface area (Å²) >= 11 is 13.0. The Morgan fingerprint density at radius 2 is 1.53 bits per heavy atom. The third-order valence-electron chi connectivity index (χ3n) is 4.88. The van der Waals surface area contributed by atoms with E-state index in [4.69, 9.17) is 11.6 Å². The average Bonchev–Trinajstić information content (AvgIpc) is 3.00. The summed E-state index contributed by atoms with van der Waals surface area (Å²) in [6.07, 6.45) is 0. The van der Waals surface area contributed by atoms with Crippen LogP contribution >= 0.6 is 43.5 Å². The number of benzene rings is 3. The first kappa shape index (κ1) is 20.9. The Hall–Kier alpha value is -2.37. The molecule has 0 aliphatic carbocycles. The van der Waals surface area contributed by atoms with Crippen LogP contribution in [0.4, 0.5) is 16.2 Å². The number of rotatable bonds is 3. The van der Waals surface area contributed by atoms with Gasteiger partial charge in [-0.3, -0.25) is 9.80 Å². The maximum absolute atomic E-state index is 13.5. The van der Waals surface area contributed by atoms with Gasteiger partial charge < -0.3 is 5.11 Å². The SMILES string of the molecule is N#Cc1cc(Cl)cc(C2(O)CN(c3ccc(Br)cc3)C(=O)N2c2ccc(Br)cc2)c1. The zero-order valence-corrected chi connectivity index (χ0v) is 19.3. The third kappa shape index (κ3) is 3.72. The van der Waals surface area contributed by atoms with Crippen molar-refractivity contribution in [3.8, 4) is 6.07 Å². The lowest BCUT2D eigenvalue weighted by Crippen LogP contribution is -2.45. The molecule has 1 N–H and O–H groups in total. The van der Waals surface area contributed by atoms with Crippen molar-refractivity contribution >= 4 is 60.9 Å². The molecule has 0 radical (unpaired) electrons. The predicted octanol–water partition coefficient (Wildman–Crippen LogP) is 6.03. The molecule has 8 heteroatoms. The van der Waals surface area contributed by atoms with Crippen molar-refractivity contribution in [2.24, 2.45) is 0 Å². The predicted molar refractivity (Wildman–Crippen MR) is 124 cm³/mol. The smallest absolute Gasteiger partial charge is 0.331 e. The third-order valence-corrected chi connectivity index (χ3v) is 6.16. The Balaban J connectivity index is 1.88. The fraction of sp³-hybridized carbons (Fsp3) is 0.0909. The van der Waals surface area contributed by atoms with Gasteiger partial charge in [0.15, 0.2) is 5.72 Å². The van der Waals surface area contributed by atoms with Crippen LogP contribution in [0.5, 0.6) is 0 Å². The fourth-order valence-electron chi connectivity index (χ4n) is 3.48. The van der Waals surface area contributed by atoms with E-state index in [1.807, 2.05) is 18.2 Å². The maximum atomic E-state index is 13.5. The second kappa shape index (κ2) is 8.05. The van der Waals surface area contributed by atoms with E-state index in [2.05, 4.69) is 31.9 Å². The largest absolute Gasteiger partial charge is 0.365 e. The fourth-order valence-corrected chi connectivity index (χ4v) is 4.24. The standard InChI is InChI=1S/C22H14Br2ClN3O2/c23-16-1-5-19(6-2-16)27-13-22(30,15-9-14(12-26)10-18(25)11-15)28(21(27)29)20-7-3-17(24)4-8-20/h1-11,30H,13H2. The summed E-state index contributed by atoms with van der Waals surface area (Å²) in [6.45, 7) is -0.0330. The number of aliphatic hydroxyl groups is 1. The van der Waals surface area contributed by atoms with Crippen molar-refractivity contribution in [2.45, 2.75) is 5.72 Å². The van der Waals surface area contributed by atoms with Crippen molar-refractivity contribution in [3.05, 3.63) is 91.8 Å². The molecule has 0 bridgehead atoms. The zero-order valence-electron chi connectivity index (χ0n) is 15.4. The minimum absolute atomic E-state index is 0.0330. The van der Waals surface area contributed by atoms with Gasteiger partial charge in [-0.25, -0.2) is 4.79 Å². The number of hydrogen-bond acceptors (Lipinski definition) is 3. The molecular weight excluding hydrogens is 534 g/mol. The number of nitrogens with zero attached hydrogens (tertiary/aromatic N) is 3. The van der Waals surface area contributed by atoms with Crippen LogP contribution < -0.4 is 9.80 Å². The van der Waals surface area contributed by atoms with Crippen LogP contribution in [-0.4, -0.2) is 17.7 Å². The Bertz CT molecular complexity index is 1160. The quantitative estimate of drug-likeness (QED) is 0.436. The summed E-state index contributed by atoms with van der Waals surface area (Å²) in [5.41, 5.74) is 0.0975.